The lowest BCUT2D eigenvalue weighted by Gasteiger charge is -2.27. The van der Waals surface area contributed by atoms with Crippen molar-refractivity contribution in [3.05, 3.63) is 0 Å². The molecule has 15 heavy (non-hydrogen) atoms. The van der Waals surface area contributed by atoms with E-state index in [1.807, 2.05) is 0 Å². The number of hydrogen-bond donors (Lipinski definition) is 2. The minimum Gasteiger partial charge on any atom is -0.353 e. The maximum absolute atomic E-state index is 11.9. The highest BCUT2D eigenvalue weighted by Gasteiger charge is 2.37. The molecule has 0 heterocycles. The van der Waals surface area contributed by atoms with E-state index >= 15 is 0 Å². The SMILES string of the molecule is CSC(C)(C)CNC(=O)C1(N)CCCC1. The van der Waals surface area contributed by atoms with Gasteiger partial charge in [0.05, 0.1) is 5.54 Å². The Bertz CT molecular complexity index is 235. The normalized spacial score (nSPS) is 20.3. The molecular formula is C11H22N2OS. The summed E-state index contributed by atoms with van der Waals surface area (Å²) in [6.45, 7) is 4.93. The van der Waals surface area contributed by atoms with Gasteiger partial charge in [0.1, 0.15) is 0 Å². The number of carbonyl (C=O) groups excluding carboxylic acids is 1. The van der Waals surface area contributed by atoms with E-state index in [1.165, 1.54) is 0 Å². The van der Waals surface area contributed by atoms with E-state index in [4.69, 9.17) is 5.73 Å². The van der Waals surface area contributed by atoms with Crippen LogP contribution in [-0.4, -0.2) is 29.0 Å². The summed E-state index contributed by atoms with van der Waals surface area (Å²) in [6.07, 6.45) is 5.88. The Labute approximate surface area is 96.6 Å². The first-order valence-electron chi connectivity index (χ1n) is 5.52. The molecule has 0 unspecified atom stereocenters. The zero-order valence-corrected chi connectivity index (χ0v) is 10.7. The summed E-state index contributed by atoms with van der Waals surface area (Å²) in [5.41, 5.74) is 5.47. The lowest BCUT2D eigenvalue weighted by molar-refractivity contribution is -0.126. The number of nitrogens with one attached hydrogen (secondary N) is 1. The molecule has 0 aromatic carbocycles. The minimum absolute atomic E-state index is 0.0297. The largest absolute Gasteiger partial charge is 0.353 e. The van der Waals surface area contributed by atoms with E-state index in [0.29, 0.717) is 6.54 Å². The van der Waals surface area contributed by atoms with E-state index < -0.39 is 5.54 Å². The number of amides is 1. The van der Waals surface area contributed by atoms with Crippen molar-refractivity contribution >= 4 is 17.7 Å². The molecule has 0 saturated heterocycles. The average molecular weight is 230 g/mol. The molecule has 1 saturated carbocycles. The molecule has 0 bridgehead atoms. The average Bonchev–Trinajstić information content (AvgIpc) is 2.63. The smallest absolute Gasteiger partial charge is 0.240 e. The van der Waals surface area contributed by atoms with Crippen LogP contribution in [0.2, 0.25) is 0 Å². The number of nitrogens with two attached hydrogens (primary N) is 1. The van der Waals surface area contributed by atoms with E-state index in [-0.39, 0.29) is 10.7 Å². The number of rotatable bonds is 4. The molecule has 1 aliphatic carbocycles. The number of carbonyl (C=O) groups is 1. The van der Waals surface area contributed by atoms with Gasteiger partial charge in [-0.05, 0) is 32.9 Å². The highest BCUT2D eigenvalue weighted by Crippen LogP contribution is 2.27. The quantitative estimate of drug-likeness (QED) is 0.770. The maximum Gasteiger partial charge on any atom is 0.240 e. The first-order valence-corrected chi connectivity index (χ1v) is 6.74. The van der Waals surface area contributed by atoms with Crippen LogP contribution in [0, 0.1) is 0 Å². The summed E-state index contributed by atoms with van der Waals surface area (Å²) in [4.78, 5) is 11.9. The lowest BCUT2D eigenvalue weighted by atomic mass is 9.98. The van der Waals surface area contributed by atoms with Crippen LogP contribution in [0.3, 0.4) is 0 Å². The first kappa shape index (κ1) is 12.8. The molecule has 0 aliphatic heterocycles. The predicted octanol–water partition coefficient (Wildman–Crippen LogP) is 1.52. The van der Waals surface area contributed by atoms with Crippen molar-refractivity contribution in [1.82, 2.24) is 5.32 Å². The Kier molecular flexibility index (Phi) is 4.06. The van der Waals surface area contributed by atoms with Crippen LogP contribution in [0.4, 0.5) is 0 Å². The lowest BCUT2D eigenvalue weighted by Crippen LogP contribution is -2.53. The molecule has 1 aliphatic rings. The fourth-order valence-corrected chi connectivity index (χ4v) is 1.99. The van der Waals surface area contributed by atoms with Crippen LogP contribution in [-0.2, 0) is 4.79 Å². The second kappa shape index (κ2) is 4.74. The molecule has 0 atom stereocenters. The summed E-state index contributed by atoms with van der Waals surface area (Å²) in [5, 5.41) is 2.97. The van der Waals surface area contributed by atoms with Crippen LogP contribution >= 0.6 is 11.8 Å². The van der Waals surface area contributed by atoms with E-state index in [9.17, 15) is 4.79 Å². The molecular weight excluding hydrogens is 208 g/mol. The second-order valence-corrected chi connectivity index (χ2v) is 6.52. The molecule has 0 spiro atoms. The predicted molar refractivity (Wildman–Crippen MR) is 66.0 cm³/mol. The molecule has 3 nitrogen and oxygen atoms in total. The van der Waals surface area contributed by atoms with E-state index in [2.05, 4.69) is 25.4 Å². The fourth-order valence-electron chi connectivity index (χ4n) is 1.77. The fraction of sp³-hybridized carbons (Fsp3) is 0.909. The summed E-state index contributed by atoms with van der Waals surface area (Å²) < 4.78 is 0.0879. The van der Waals surface area contributed by atoms with Crippen molar-refractivity contribution in [2.24, 2.45) is 5.73 Å². The zero-order valence-electron chi connectivity index (χ0n) is 9.93. The molecule has 0 radical (unpaired) electrons. The number of hydrogen-bond acceptors (Lipinski definition) is 3. The Morgan fingerprint density at radius 1 is 1.47 bits per heavy atom. The van der Waals surface area contributed by atoms with Crippen LogP contribution in [0.5, 0.6) is 0 Å². The van der Waals surface area contributed by atoms with Gasteiger partial charge in [-0.15, -0.1) is 0 Å². The molecule has 1 amide bonds. The zero-order chi connectivity index (χ0) is 11.5. The molecule has 1 rings (SSSR count). The second-order valence-electron chi connectivity index (χ2n) is 5.01. The van der Waals surface area contributed by atoms with Crippen molar-refractivity contribution < 1.29 is 4.79 Å². The molecule has 1 fully saturated rings. The summed E-state index contributed by atoms with van der Waals surface area (Å²) in [7, 11) is 0. The third kappa shape index (κ3) is 3.38. The van der Waals surface area contributed by atoms with Crippen LogP contribution in [0.1, 0.15) is 39.5 Å². The van der Waals surface area contributed by atoms with Crippen LogP contribution < -0.4 is 11.1 Å². The molecule has 4 heteroatoms. The van der Waals surface area contributed by atoms with Crippen molar-refractivity contribution in [1.29, 1.82) is 0 Å². The Hall–Kier alpha value is -0.220. The van der Waals surface area contributed by atoms with E-state index in [1.54, 1.807) is 11.8 Å². The topological polar surface area (TPSA) is 55.1 Å². The van der Waals surface area contributed by atoms with E-state index in [0.717, 1.165) is 25.7 Å². The third-order valence-corrected chi connectivity index (χ3v) is 4.42. The minimum atomic E-state index is -0.589. The number of thioether (sulfide) groups is 1. The maximum atomic E-state index is 11.9. The van der Waals surface area contributed by atoms with Crippen LogP contribution in [0.25, 0.3) is 0 Å². The van der Waals surface area contributed by atoms with Gasteiger partial charge in [0.15, 0.2) is 0 Å². The van der Waals surface area contributed by atoms with Gasteiger partial charge in [0.25, 0.3) is 0 Å². The molecule has 0 aromatic rings. The molecule has 0 aromatic heterocycles. The van der Waals surface area contributed by atoms with Gasteiger partial charge in [-0.3, -0.25) is 4.79 Å². The van der Waals surface area contributed by atoms with Crippen molar-refractivity contribution in [3.8, 4) is 0 Å². The van der Waals surface area contributed by atoms with Gasteiger partial charge in [0, 0.05) is 11.3 Å². The van der Waals surface area contributed by atoms with Crippen molar-refractivity contribution in [2.45, 2.75) is 49.8 Å². The van der Waals surface area contributed by atoms with Gasteiger partial charge in [0.2, 0.25) is 5.91 Å². The van der Waals surface area contributed by atoms with Gasteiger partial charge in [-0.1, -0.05) is 12.8 Å². The van der Waals surface area contributed by atoms with Crippen LogP contribution in [0.15, 0.2) is 0 Å². The highest BCUT2D eigenvalue weighted by molar-refractivity contribution is 7.99. The molecule has 3 N–H and O–H groups in total. The summed E-state index contributed by atoms with van der Waals surface area (Å²) in [5.74, 6) is 0.0297. The van der Waals surface area contributed by atoms with Crippen molar-refractivity contribution in [2.75, 3.05) is 12.8 Å². The van der Waals surface area contributed by atoms with Crippen molar-refractivity contribution in [3.63, 3.8) is 0 Å². The van der Waals surface area contributed by atoms with Gasteiger partial charge < -0.3 is 11.1 Å². The van der Waals surface area contributed by atoms with Gasteiger partial charge in [-0.25, -0.2) is 0 Å². The van der Waals surface area contributed by atoms with Gasteiger partial charge >= 0.3 is 0 Å². The summed E-state index contributed by atoms with van der Waals surface area (Å²) >= 11 is 1.75. The van der Waals surface area contributed by atoms with Gasteiger partial charge in [-0.2, -0.15) is 11.8 Å². The monoisotopic (exact) mass is 230 g/mol. The highest BCUT2D eigenvalue weighted by atomic mass is 32.2. The third-order valence-electron chi connectivity index (χ3n) is 3.18. The molecule has 88 valence electrons. The summed E-state index contributed by atoms with van der Waals surface area (Å²) in [6, 6.07) is 0. The first-order chi connectivity index (χ1) is 6.90. The standard InChI is InChI=1S/C11H22N2OS/c1-10(2,15-3)8-13-9(14)11(12)6-4-5-7-11/h4-8,12H2,1-3H3,(H,13,14). The Balaban J connectivity index is 2.42. The Morgan fingerprint density at radius 3 is 2.47 bits per heavy atom. The Morgan fingerprint density at radius 2 is 2.00 bits per heavy atom.